The summed E-state index contributed by atoms with van der Waals surface area (Å²) in [4.78, 5) is 22.7. The monoisotopic (exact) mass is 531 g/mol. The van der Waals surface area contributed by atoms with Crippen molar-refractivity contribution in [2.24, 2.45) is 0 Å². The van der Waals surface area contributed by atoms with E-state index in [4.69, 9.17) is 21.1 Å². The van der Waals surface area contributed by atoms with Gasteiger partial charge in [0.05, 0.1) is 42.7 Å². The second kappa shape index (κ2) is 10.4. The lowest BCUT2D eigenvalue weighted by molar-refractivity contribution is 0.0673. The summed E-state index contributed by atoms with van der Waals surface area (Å²) in [5.74, 6) is -0.191. The van der Waals surface area contributed by atoms with E-state index in [2.05, 4.69) is 9.97 Å². The fraction of sp³-hybridized carbons (Fsp3) is 0.476. The van der Waals surface area contributed by atoms with Crippen LogP contribution in [0.1, 0.15) is 35.8 Å². The number of methoxy groups -OCH3 is 2. The zero-order chi connectivity index (χ0) is 25.1. The van der Waals surface area contributed by atoms with Crippen LogP contribution in [0.2, 0.25) is 5.02 Å². The number of amides is 1. The quantitative estimate of drug-likeness (QED) is 0.446. The summed E-state index contributed by atoms with van der Waals surface area (Å²) in [5.41, 5.74) is 0.357. The largest absolute Gasteiger partial charge is 0.493 e. The Morgan fingerprint density at radius 1 is 1.24 bits per heavy atom. The minimum atomic E-state index is -3.80. The number of rotatable bonds is 9. The third kappa shape index (κ3) is 5.78. The molecule has 1 saturated heterocycles. The fourth-order valence-electron chi connectivity index (χ4n) is 3.71. The Morgan fingerprint density at radius 2 is 1.94 bits per heavy atom. The van der Waals surface area contributed by atoms with Crippen LogP contribution in [0.25, 0.3) is 0 Å². The van der Waals surface area contributed by atoms with Crippen molar-refractivity contribution in [2.45, 2.75) is 37.5 Å². The van der Waals surface area contributed by atoms with Crippen molar-refractivity contribution in [3.05, 3.63) is 40.7 Å². The average molecular weight is 532 g/mol. The van der Waals surface area contributed by atoms with E-state index in [1.807, 2.05) is 0 Å². The Bertz CT molecular complexity index is 1280. The highest BCUT2D eigenvalue weighted by Gasteiger charge is 2.36. The first-order valence-electron chi connectivity index (χ1n) is 10.5. The van der Waals surface area contributed by atoms with Gasteiger partial charge >= 0.3 is 0 Å². The van der Waals surface area contributed by atoms with Gasteiger partial charge < -0.3 is 14.4 Å². The van der Waals surface area contributed by atoms with Crippen molar-refractivity contribution in [2.75, 3.05) is 31.5 Å². The molecule has 1 aromatic heterocycles. The van der Waals surface area contributed by atoms with Gasteiger partial charge in [-0.2, -0.15) is 0 Å². The van der Waals surface area contributed by atoms with Crippen LogP contribution in [0.3, 0.4) is 0 Å². The minimum absolute atomic E-state index is 0.0246. The van der Waals surface area contributed by atoms with Crippen molar-refractivity contribution in [1.29, 1.82) is 0 Å². The molecule has 1 aromatic carbocycles. The molecule has 2 heterocycles. The van der Waals surface area contributed by atoms with Crippen molar-refractivity contribution in [1.82, 2.24) is 14.9 Å². The van der Waals surface area contributed by atoms with Crippen molar-refractivity contribution in [3.8, 4) is 11.5 Å². The van der Waals surface area contributed by atoms with Gasteiger partial charge in [-0.3, -0.25) is 4.79 Å². The van der Waals surface area contributed by atoms with Gasteiger partial charge in [-0.05, 0) is 30.5 Å². The molecule has 1 aliphatic heterocycles. The van der Waals surface area contributed by atoms with Gasteiger partial charge in [-0.1, -0.05) is 24.6 Å². The highest BCUT2D eigenvalue weighted by Crippen LogP contribution is 2.30. The highest BCUT2D eigenvalue weighted by atomic mass is 35.5. The lowest BCUT2D eigenvalue weighted by atomic mass is 10.1. The molecule has 10 nitrogen and oxygen atoms in total. The summed E-state index contributed by atoms with van der Waals surface area (Å²) in [6.07, 6.45) is 1.67. The molecule has 1 unspecified atom stereocenters. The molecule has 1 aliphatic rings. The summed E-state index contributed by atoms with van der Waals surface area (Å²) in [7, 11) is -4.14. The Balaban J connectivity index is 2.03. The highest BCUT2D eigenvalue weighted by molar-refractivity contribution is 7.91. The molecule has 0 N–H and O–H groups in total. The van der Waals surface area contributed by atoms with E-state index in [0.29, 0.717) is 23.5 Å². The van der Waals surface area contributed by atoms with Gasteiger partial charge in [0.25, 0.3) is 5.91 Å². The Morgan fingerprint density at radius 3 is 2.53 bits per heavy atom. The van der Waals surface area contributed by atoms with Crippen molar-refractivity contribution >= 4 is 37.2 Å². The predicted molar refractivity (Wildman–Crippen MR) is 126 cm³/mol. The zero-order valence-electron chi connectivity index (χ0n) is 19.0. The smallest absolute Gasteiger partial charge is 0.274 e. The number of carbonyl (C=O) groups is 1. The first kappa shape index (κ1) is 26.2. The third-order valence-electron chi connectivity index (χ3n) is 5.39. The molecular formula is C21H26ClN3O7S2. The van der Waals surface area contributed by atoms with Gasteiger partial charge in [0.2, 0.25) is 15.0 Å². The minimum Gasteiger partial charge on any atom is -0.493 e. The maximum atomic E-state index is 13.6. The number of halogens is 1. The molecule has 1 amide bonds. The molecule has 13 heteroatoms. The summed E-state index contributed by atoms with van der Waals surface area (Å²) < 4.78 is 59.8. The van der Waals surface area contributed by atoms with Gasteiger partial charge in [0.1, 0.15) is 0 Å². The SMILES string of the molecule is CCCS(=O)(=O)c1ncc(Cl)c(C(=O)N(Cc2ccc(OC)c(OC)c2)C2CCS(=O)(=O)C2)n1. The molecule has 0 spiro atoms. The first-order valence-corrected chi connectivity index (χ1v) is 14.3. The molecule has 186 valence electrons. The van der Waals surface area contributed by atoms with Gasteiger partial charge in [0.15, 0.2) is 27.0 Å². The van der Waals surface area contributed by atoms with E-state index in [-0.39, 0.29) is 40.9 Å². The molecule has 2 aromatic rings. The Hall–Kier alpha value is -2.44. The van der Waals surface area contributed by atoms with Crippen LogP contribution >= 0.6 is 11.6 Å². The molecule has 34 heavy (non-hydrogen) atoms. The second-order valence-electron chi connectivity index (χ2n) is 7.85. The van der Waals surface area contributed by atoms with Crippen LogP contribution < -0.4 is 9.47 Å². The Labute approximate surface area is 204 Å². The molecule has 0 radical (unpaired) electrons. The standard InChI is InChI=1S/C21H26ClN3O7S2/c1-4-8-34(29,30)21-23-11-16(22)19(24-21)20(26)25(15-7-9-33(27,28)13-15)12-14-5-6-17(31-2)18(10-14)32-3/h5-6,10-11,15H,4,7-9,12-13H2,1-3H3. The van der Waals surface area contributed by atoms with E-state index < -0.39 is 36.8 Å². The number of aromatic nitrogens is 2. The van der Waals surface area contributed by atoms with Gasteiger partial charge in [-0.25, -0.2) is 26.8 Å². The fourth-order valence-corrected chi connectivity index (χ4v) is 6.78. The molecule has 1 atom stereocenters. The first-order chi connectivity index (χ1) is 16.0. The number of benzene rings is 1. The van der Waals surface area contributed by atoms with E-state index in [0.717, 1.165) is 6.20 Å². The lowest BCUT2D eigenvalue weighted by Gasteiger charge is -2.28. The summed E-state index contributed by atoms with van der Waals surface area (Å²) in [6, 6.07) is 4.45. The van der Waals surface area contributed by atoms with Crippen LogP contribution in [0, 0.1) is 0 Å². The molecule has 0 bridgehead atoms. The molecular weight excluding hydrogens is 506 g/mol. The van der Waals surface area contributed by atoms with Gasteiger partial charge in [0, 0.05) is 12.6 Å². The number of carbonyl (C=O) groups excluding carboxylic acids is 1. The van der Waals surface area contributed by atoms with Gasteiger partial charge in [-0.15, -0.1) is 0 Å². The average Bonchev–Trinajstić information content (AvgIpc) is 3.16. The van der Waals surface area contributed by atoms with E-state index >= 15 is 0 Å². The normalized spacial score (nSPS) is 17.4. The van der Waals surface area contributed by atoms with E-state index in [9.17, 15) is 21.6 Å². The zero-order valence-corrected chi connectivity index (χ0v) is 21.4. The van der Waals surface area contributed by atoms with Crippen LogP contribution in [-0.4, -0.2) is 75.1 Å². The molecule has 1 fully saturated rings. The summed E-state index contributed by atoms with van der Waals surface area (Å²) >= 11 is 6.19. The topological polar surface area (TPSA) is 133 Å². The van der Waals surface area contributed by atoms with Crippen LogP contribution in [0.4, 0.5) is 0 Å². The van der Waals surface area contributed by atoms with E-state index in [1.54, 1.807) is 25.1 Å². The van der Waals surface area contributed by atoms with Crippen LogP contribution in [0.15, 0.2) is 29.6 Å². The third-order valence-corrected chi connectivity index (χ3v) is 9.11. The Kier molecular flexibility index (Phi) is 8.04. The lowest BCUT2D eigenvalue weighted by Crippen LogP contribution is -2.41. The summed E-state index contributed by atoms with van der Waals surface area (Å²) in [5, 5.41) is -0.620. The number of sulfone groups is 2. The second-order valence-corrected chi connectivity index (χ2v) is 12.5. The number of hydrogen-bond acceptors (Lipinski definition) is 9. The number of nitrogens with zero attached hydrogens (tertiary/aromatic N) is 3. The van der Waals surface area contributed by atoms with Crippen LogP contribution in [0.5, 0.6) is 11.5 Å². The molecule has 0 aliphatic carbocycles. The molecule has 3 rings (SSSR count). The number of ether oxygens (including phenoxy) is 2. The van der Waals surface area contributed by atoms with Crippen molar-refractivity contribution < 1.29 is 31.1 Å². The maximum Gasteiger partial charge on any atom is 0.274 e. The van der Waals surface area contributed by atoms with E-state index in [1.165, 1.54) is 19.1 Å². The van der Waals surface area contributed by atoms with Crippen LogP contribution in [-0.2, 0) is 26.2 Å². The van der Waals surface area contributed by atoms with Crippen molar-refractivity contribution in [3.63, 3.8) is 0 Å². The number of hydrogen-bond donors (Lipinski definition) is 0. The summed E-state index contributed by atoms with van der Waals surface area (Å²) in [6.45, 7) is 1.72. The predicted octanol–water partition coefficient (Wildman–Crippen LogP) is 2.16. The molecule has 0 saturated carbocycles. The maximum absolute atomic E-state index is 13.6.